The Labute approximate surface area is 177 Å². The van der Waals surface area contributed by atoms with E-state index in [0.717, 1.165) is 16.5 Å². The minimum absolute atomic E-state index is 0.134. The molecule has 3 aromatic rings. The van der Waals surface area contributed by atoms with Gasteiger partial charge in [0.15, 0.2) is 0 Å². The first-order valence-corrected chi connectivity index (χ1v) is 9.99. The number of nitrogens with zero attached hydrogens (tertiary/aromatic N) is 1. The Bertz CT molecular complexity index is 967. The van der Waals surface area contributed by atoms with Gasteiger partial charge in [-0.25, -0.2) is 0 Å². The molecule has 0 atom stereocenters. The van der Waals surface area contributed by atoms with E-state index < -0.39 is 0 Å². The van der Waals surface area contributed by atoms with Crippen LogP contribution in [0.2, 0.25) is 0 Å². The minimum atomic E-state index is -0.343. The number of nitrogens with one attached hydrogen (secondary N) is 1. The Morgan fingerprint density at radius 2 is 1.77 bits per heavy atom. The molecule has 0 saturated carbocycles. The lowest BCUT2D eigenvalue weighted by molar-refractivity contribution is -0.139. The van der Waals surface area contributed by atoms with E-state index in [9.17, 15) is 9.59 Å². The summed E-state index contributed by atoms with van der Waals surface area (Å²) in [5.41, 5.74) is 2.01. The summed E-state index contributed by atoms with van der Waals surface area (Å²) in [7, 11) is 1.34. The third kappa shape index (κ3) is 6.88. The number of fused-ring (bicyclic) bond motifs is 1. The van der Waals surface area contributed by atoms with Gasteiger partial charge in [0.05, 0.1) is 20.1 Å². The summed E-state index contributed by atoms with van der Waals surface area (Å²) in [6.07, 6.45) is 3.10. The Balaban J connectivity index is 0.00000101. The highest BCUT2D eigenvalue weighted by atomic mass is 16.5. The fraction of sp³-hybridized carbons (Fsp3) is 0.292. The van der Waals surface area contributed by atoms with Gasteiger partial charge >= 0.3 is 5.97 Å². The number of rotatable bonds is 7. The summed E-state index contributed by atoms with van der Waals surface area (Å²) in [5.74, 6) is 0.119. The molecular formula is C24H28N2O4. The van der Waals surface area contributed by atoms with Crippen LogP contribution in [0.25, 0.3) is 10.9 Å². The lowest BCUT2D eigenvalue weighted by atomic mass is 10.1. The number of pyridine rings is 1. The normalized spacial score (nSPS) is 9.97. The molecule has 0 unspecified atom stereocenters. The van der Waals surface area contributed by atoms with Crippen LogP contribution in [0.15, 0.2) is 60.8 Å². The highest BCUT2D eigenvalue weighted by Gasteiger charge is 2.09. The summed E-state index contributed by atoms with van der Waals surface area (Å²) in [6.45, 7) is 4.92. The maximum absolute atomic E-state index is 12.3. The molecule has 158 valence electrons. The maximum atomic E-state index is 12.3. The number of hydrogen-bond donors (Lipinski definition) is 1. The molecule has 0 aliphatic carbocycles. The largest absolute Gasteiger partial charge is 0.489 e. The van der Waals surface area contributed by atoms with E-state index in [0.29, 0.717) is 24.5 Å². The van der Waals surface area contributed by atoms with Crippen LogP contribution in [-0.4, -0.2) is 37.1 Å². The van der Waals surface area contributed by atoms with Gasteiger partial charge in [-0.05, 0) is 29.8 Å². The standard InChI is InChI=1S/C21H20N2O4.C3H8/c1-26-19(24)14-15-5-2-7-17(13-15)21(25)23-11-12-27-18-9-3-6-16-8-4-10-22-20(16)18;1-3-2/h2-10,13H,11-12,14H2,1H3,(H,23,25);3H2,1-2H3. The quantitative estimate of drug-likeness (QED) is 0.469. The SMILES string of the molecule is CCC.COC(=O)Cc1cccc(C(=O)NCCOc2cccc3cccnc23)c1. The molecule has 0 aliphatic rings. The molecular weight excluding hydrogens is 380 g/mol. The van der Waals surface area contributed by atoms with Crippen LogP contribution in [0.3, 0.4) is 0 Å². The Morgan fingerprint density at radius 1 is 1.03 bits per heavy atom. The van der Waals surface area contributed by atoms with Crippen molar-refractivity contribution in [3.63, 3.8) is 0 Å². The molecule has 0 fully saturated rings. The van der Waals surface area contributed by atoms with Crippen LogP contribution < -0.4 is 10.1 Å². The monoisotopic (exact) mass is 408 g/mol. The van der Waals surface area contributed by atoms with Crippen molar-refractivity contribution in [1.29, 1.82) is 0 Å². The van der Waals surface area contributed by atoms with E-state index in [-0.39, 0.29) is 18.3 Å². The first-order chi connectivity index (χ1) is 14.6. The smallest absolute Gasteiger partial charge is 0.309 e. The molecule has 0 spiro atoms. The van der Waals surface area contributed by atoms with Crippen molar-refractivity contribution in [2.75, 3.05) is 20.3 Å². The van der Waals surface area contributed by atoms with Gasteiger partial charge < -0.3 is 14.8 Å². The highest BCUT2D eigenvalue weighted by molar-refractivity contribution is 5.94. The number of carbonyl (C=O) groups excluding carboxylic acids is 2. The number of para-hydroxylation sites is 1. The van der Waals surface area contributed by atoms with Crippen LogP contribution >= 0.6 is 0 Å². The molecule has 3 rings (SSSR count). The lowest BCUT2D eigenvalue weighted by Gasteiger charge is -2.10. The fourth-order valence-corrected chi connectivity index (χ4v) is 2.68. The predicted octanol–water partition coefficient (Wildman–Crippen LogP) is 4.18. The molecule has 0 aliphatic heterocycles. The molecule has 6 nitrogen and oxygen atoms in total. The Hall–Kier alpha value is -3.41. The van der Waals surface area contributed by atoms with Gasteiger partial charge in [-0.3, -0.25) is 14.6 Å². The van der Waals surface area contributed by atoms with Crippen molar-refractivity contribution < 1.29 is 19.1 Å². The zero-order chi connectivity index (χ0) is 21.8. The first-order valence-electron chi connectivity index (χ1n) is 9.99. The molecule has 30 heavy (non-hydrogen) atoms. The third-order valence-corrected chi connectivity index (χ3v) is 4.01. The molecule has 0 bridgehead atoms. The maximum Gasteiger partial charge on any atom is 0.309 e. The van der Waals surface area contributed by atoms with Gasteiger partial charge in [0, 0.05) is 17.1 Å². The topological polar surface area (TPSA) is 77.5 Å². The average molecular weight is 408 g/mol. The second kappa shape index (κ2) is 12.2. The summed E-state index contributed by atoms with van der Waals surface area (Å²) in [6, 6.07) is 16.5. The third-order valence-electron chi connectivity index (χ3n) is 4.01. The highest BCUT2D eigenvalue weighted by Crippen LogP contribution is 2.22. The molecule has 2 aromatic carbocycles. The van der Waals surface area contributed by atoms with Crippen LogP contribution in [0, 0.1) is 0 Å². The summed E-state index contributed by atoms with van der Waals surface area (Å²) in [5, 5.41) is 3.81. The van der Waals surface area contributed by atoms with Crippen molar-refractivity contribution in [1.82, 2.24) is 10.3 Å². The van der Waals surface area contributed by atoms with Crippen molar-refractivity contribution in [3.8, 4) is 5.75 Å². The van der Waals surface area contributed by atoms with E-state index >= 15 is 0 Å². The van der Waals surface area contributed by atoms with E-state index in [1.165, 1.54) is 13.5 Å². The van der Waals surface area contributed by atoms with E-state index in [2.05, 4.69) is 28.9 Å². The van der Waals surface area contributed by atoms with Crippen molar-refractivity contribution in [3.05, 3.63) is 71.9 Å². The van der Waals surface area contributed by atoms with Crippen LogP contribution in [0.5, 0.6) is 5.75 Å². The van der Waals surface area contributed by atoms with Gasteiger partial charge in [0.2, 0.25) is 0 Å². The van der Waals surface area contributed by atoms with Crippen LogP contribution in [-0.2, 0) is 16.0 Å². The second-order valence-corrected chi connectivity index (χ2v) is 6.60. The molecule has 1 N–H and O–H groups in total. The second-order valence-electron chi connectivity index (χ2n) is 6.60. The van der Waals surface area contributed by atoms with Crippen LogP contribution in [0.4, 0.5) is 0 Å². The number of aromatic nitrogens is 1. The molecule has 0 radical (unpaired) electrons. The van der Waals surface area contributed by atoms with E-state index in [1.807, 2.05) is 30.3 Å². The Morgan fingerprint density at radius 3 is 2.53 bits per heavy atom. The molecule has 6 heteroatoms. The molecule has 1 heterocycles. The number of ether oxygens (including phenoxy) is 2. The van der Waals surface area contributed by atoms with E-state index in [4.69, 9.17) is 4.74 Å². The van der Waals surface area contributed by atoms with Gasteiger partial charge in [0.1, 0.15) is 17.9 Å². The lowest BCUT2D eigenvalue weighted by Crippen LogP contribution is -2.28. The Kier molecular flexibility index (Phi) is 9.31. The van der Waals surface area contributed by atoms with Gasteiger partial charge in [0.25, 0.3) is 5.91 Å². The molecule has 1 amide bonds. The molecule has 1 aromatic heterocycles. The number of carbonyl (C=O) groups is 2. The number of benzene rings is 2. The van der Waals surface area contributed by atoms with Crippen LogP contribution in [0.1, 0.15) is 36.2 Å². The van der Waals surface area contributed by atoms with Gasteiger partial charge in [-0.1, -0.05) is 50.6 Å². The minimum Gasteiger partial charge on any atom is -0.489 e. The number of methoxy groups -OCH3 is 1. The van der Waals surface area contributed by atoms with Crippen molar-refractivity contribution in [2.45, 2.75) is 26.7 Å². The predicted molar refractivity (Wildman–Crippen MR) is 118 cm³/mol. The fourth-order valence-electron chi connectivity index (χ4n) is 2.68. The van der Waals surface area contributed by atoms with Gasteiger partial charge in [-0.2, -0.15) is 0 Å². The first kappa shape index (κ1) is 22.9. The zero-order valence-corrected chi connectivity index (χ0v) is 17.7. The number of hydrogen-bond acceptors (Lipinski definition) is 5. The van der Waals surface area contributed by atoms with Crippen molar-refractivity contribution in [2.24, 2.45) is 0 Å². The molecule has 0 saturated heterocycles. The van der Waals surface area contributed by atoms with Gasteiger partial charge in [-0.15, -0.1) is 0 Å². The zero-order valence-electron chi connectivity index (χ0n) is 17.7. The summed E-state index contributed by atoms with van der Waals surface area (Å²) < 4.78 is 10.4. The number of esters is 1. The van der Waals surface area contributed by atoms with E-state index in [1.54, 1.807) is 30.5 Å². The van der Waals surface area contributed by atoms with Crippen molar-refractivity contribution >= 4 is 22.8 Å². The summed E-state index contributed by atoms with van der Waals surface area (Å²) in [4.78, 5) is 28.0. The average Bonchev–Trinajstić information content (AvgIpc) is 2.77. The number of amides is 1. The summed E-state index contributed by atoms with van der Waals surface area (Å²) >= 11 is 0.